The Kier molecular flexibility index (Phi) is 5.09. The van der Waals surface area contributed by atoms with E-state index in [1.54, 1.807) is 36.4 Å². The summed E-state index contributed by atoms with van der Waals surface area (Å²) in [5.74, 6) is -0.0182. The van der Waals surface area contributed by atoms with Crippen molar-refractivity contribution < 1.29 is 5.11 Å². The van der Waals surface area contributed by atoms with E-state index in [1.807, 2.05) is 30.3 Å². The smallest absolute Gasteiger partial charge is 0.143 e. The van der Waals surface area contributed by atoms with Gasteiger partial charge in [-0.2, -0.15) is 15.3 Å². The molecule has 3 aromatic carbocycles. The Morgan fingerprint density at radius 2 is 1.31 bits per heavy atom. The number of rotatable bonds is 5. The minimum Gasteiger partial charge on any atom is -0.506 e. The van der Waals surface area contributed by atoms with Gasteiger partial charge in [-0.15, -0.1) is 5.11 Å². The fraction of sp³-hybridized carbons (Fsp3) is 0. The number of amidine groups is 1. The van der Waals surface area contributed by atoms with E-state index in [0.29, 0.717) is 16.9 Å². The van der Waals surface area contributed by atoms with Crippen LogP contribution in [0.25, 0.3) is 0 Å². The van der Waals surface area contributed by atoms with Gasteiger partial charge in [-0.05, 0) is 54.6 Å². The molecule has 7 heteroatoms. The van der Waals surface area contributed by atoms with Crippen molar-refractivity contribution in [2.45, 2.75) is 0 Å². The summed E-state index contributed by atoms with van der Waals surface area (Å²) in [6, 6.07) is 20.8. The molecule has 0 atom stereocenters. The SMILES string of the molecule is N=C(N)c1ccc(N=Nc2cc(N=Nc3ccccc3)ccc2O)cc1. The zero-order valence-electron chi connectivity index (χ0n) is 13.7. The molecule has 4 N–H and O–H groups in total. The Hall–Kier alpha value is -3.87. The van der Waals surface area contributed by atoms with Gasteiger partial charge in [0.2, 0.25) is 0 Å². The molecule has 0 aromatic heterocycles. The predicted octanol–water partition coefficient (Wildman–Crippen LogP) is 5.51. The zero-order valence-corrected chi connectivity index (χ0v) is 13.7. The van der Waals surface area contributed by atoms with Gasteiger partial charge in [-0.25, -0.2) is 0 Å². The molecular weight excluding hydrogens is 328 g/mol. The van der Waals surface area contributed by atoms with E-state index in [-0.39, 0.29) is 17.3 Å². The number of benzene rings is 3. The van der Waals surface area contributed by atoms with E-state index in [0.717, 1.165) is 5.69 Å². The van der Waals surface area contributed by atoms with Gasteiger partial charge in [-0.3, -0.25) is 5.41 Å². The van der Waals surface area contributed by atoms with Crippen LogP contribution in [0, 0.1) is 5.41 Å². The van der Waals surface area contributed by atoms with E-state index in [2.05, 4.69) is 20.5 Å². The van der Waals surface area contributed by atoms with Crippen molar-refractivity contribution in [3.63, 3.8) is 0 Å². The fourth-order valence-corrected chi connectivity index (χ4v) is 2.08. The molecule has 3 aromatic rings. The highest BCUT2D eigenvalue weighted by molar-refractivity contribution is 5.95. The van der Waals surface area contributed by atoms with Gasteiger partial charge in [0.05, 0.1) is 17.1 Å². The number of nitrogen functional groups attached to an aromatic ring is 1. The van der Waals surface area contributed by atoms with Crippen molar-refractivity contribution in [1.82, 2.24) is 0 Å². The van der Waals surface area contributed by atoms with Crippen LogP contribution in [-0.2, 0) is 0 Å². The Labute approximate surface area is 150 Å². The first-order valence-corrected chi connectivity index (χ1v) is 7.78. The average Bonchev–Trinajstić information content (AvgIpc) is 2.67. The lowest BCUT2D eigenvalue weighted by Crippen LogP contribution is -2.10. The van der Waals surface area contributed by atoms with Crippen LogP contribution in [0.1, 0.15) is 5.56 Å². The lowest BCUT2D eigenvalue weighted by atomic mass is 10.2. The molecule has 0 aliphatic carbocycles. The molecule has 0 heterocycles. The molecule has 0 unspecified atom stereocenters. The van der Waals surface area contributed by atoms with Crippen LogP contribution < -0.4 is 5.73 Å². The summed E-state index contributed by atoms with van der Waals surface area (Å²) in [5.41, 5.74) is 8.16. The quantitative estimate of drug-likeness (QED) is 0.321. The summed E-state index contributed by atoms with van der Waals surface area (Å²) >= 11 is 0. The average molecular weight is 344 g/mol. The second kappa shape index (κ2) is 7.80. The molecule has 0 saturated carbocycles. The van der Waals surface area contributed by atoms with Crippen LogP contribution in [0.4, 0.5) is 22.7 Å². The lowest BCUT2D eigenvalue weighted by molar-refractivity contribution is 0.476. The molecule has 0 aliphatic rings. The maximum Gasteiger partial charge on any atom is 0.143 e. The zero-order chi connectivity index (χ0) is 18.4. The van der Waals surface area contributed by atoms with E-state index in [4.69, 9.17) is 11.1 Å². The van der Waals surface area contributed by atoms with Gasteiger partial charge < -0.3 is 10.8 Å². The predicted molar refractivity (Wildman–Crippen MR) is 100 cm³/mol. The molecule has 0 amide bonds. The van der Waals surface area contributed by atoms with Crippen molar-refractivity contribution in [1.29, 1.82) is 5.41 Å². The summed E-state index contributed by atoms with van der Waals surface area (Å²) in [4.78, 5) is 0. The van der Waals surface area contributed by atoms with Crippen molar-refractivity contribution >= 4 is 28.6 Å². The molecule has 3 rings (SSSR count). The van der Waals surface area contributed by atoms with Gasteiger partial charge >= 0.3 is 0 Å². The minimum atomic E-state index is -0.0115. The molecule has 7 nitrogen and oxygen atoms in total. The number of nitrogens with one attached hydrogen (secondary N) is 1. The molecule has 0 fully saturated rings. The molecule has 0 saturated heterocycles. The molecule has 128 valence electrons. The van der Waals surface area contributed by atoms with Crippen LogP contribution >= 0.6 is 0 Å². The van der Waals surface area contributed by atoms with Crippen molar-refractivity contribution in [3.8, 4) is 5.75 Å². The molecule has 0 aliphatic heterocycles. The third-order valence-corrected chi connectivity index (χ3v) is 3.45. The third kappa shape index (κ3) is 4.35. The van der Waals surface area contributed by atoms with Crippen LogP contribution in [0.15, 0.2) is 93.3 Å². The molecule has 0 radical (unpaired) electrons. The molecule has 26 heavy (non-hydrogen) atoms. The third-order valence-electron chi connectivity index (χ3n) is 3.45. The Bertz CT molecular complexity index is 965. The molecule has 0 spiro atoms. The van der Waals surface area contributed by atoms with E-state index >= 15 is 0 Å². The number of aromatic hydroxyl groups is 1. The number of hydrogen-bond acceptors (Lipinski definition) is 6. The topological polar surface area (TPSA) is 120 Å². The standard InChI is InChI=1S/C19H16N6O/c20-19(21)13-6-8-15(9-7-13)23-25-17-12-16(10-11-18(17)26)24-22-14-4-2-1-3-5-14/h1-12,26H,(H3,20,21). The van der Waals surface area contributed by atoms with Gasteiger partial charge in [-0.1, -0.05) is 18.2 Å². The van der Waals surface area contributed by atoms with Gasteiger partial charge in [0.25, 0.3) is 0 Å². The number of nitrogens with two attached hydrogens (primary N) is 1. The van der Waals surface area contributed by atoms with Crippen LogP contribution in [0.5, 0.6) is 5.75 Å². The van der Waals surface area contributed by atoms with Crippen LogP contribution in [0.2, 0.25) is 0 Å². The first-order valence-electron chi connectivity index (χ1n) is 7.78. The highest BCUT2D eigenvalue weighted by Crippen LogP contribution is 2.32. The minimum absolute atomic E-state index is 0.00670. The van der Waals surface area contributed by atoms with Gasteiger partial charge in [0.15, 0.2) is 0 Å². The van der Waals surface area contributed by atoms with E-state index in [1.165, 1.54) is 6.07 Å². The largest absolute Gasteiger partial charge is 0.506 e. The lowest BCUT2D eigenvalue weighted by Gasteiger charge is -2.00. The first kappa shape index (κ1) is 17.0. The normalized spacial score (nSPS) is 11.2. The Morgan fingerprint density at radius 1 is 0.731 bits per heavy atom. The highest BCUT2D eigenvalue weighted by atomic mass is 16.3. The maximum absolute atomic E-state index is 9.94. The second-order valence-electron chi connectivity index (χ2n) is 5.37. The van der Waals surface area contributed by atoms with Gasteiger partial charge in [0.1, 0.15) is 17.3 Å². The maximum atomic E-state index is 9.94. The van der Waals surface area contributed by atoms with Crippen LogP contribution in [-0.4, -0.2) is 10.9 Å². The summed E-state index contributed by atoms with van der Waals surface area (Å²) in [6.45, 7) is 0. The summed E-state index contributed by atoms with van der Waals surface area (Å²) in [5, 5.41) is 33.7. The summed E-state index contributed by atoms with van der Waals surface area (Å²) < 4.78 is 0. The van der Waals surface area contributed by atoms with Crippen molar-refractivity contribution in [2.24, 2.45) is 26.2 Å². The number of azo groups is 2. The first-order chi connectivity index (χ1) is 12.6. The number of phenolic OH excluding ortho intramolecular Hbond substituents is 1. The van der Waals surface area contributed by atoms with E-state index in [9.17, 15) is 5.11 Å². The summed E-state index contributed by atoms with van der Waals surface area (Å²) in [7, 11) is 0. The number of phenols is 1. The second-order valence-corrected chi connectivity index (χ2v) is 5.37. The summed E-state index contributed by atoms with van der Waals surface area (Å²) in [6.07, 6.45) is 0. The van der Waals surface area contributed by atoms with E-state index < -0.39 is 0 Å². The number of nitrogens with zero attached hydrogens (tertiary/aromatic N) is 4. The Balaban J connectivity index is 1.79. The van der Waals surface area contributed by atoms with Gasteiger partial charge in [0, 0.05) is 5.56 Å². The fourth-order valence-electron chi connectivity index (χ4n) is 2.08. The Morgan fingerprint density at radius 3 is 2.00 bits per heavy atom. The van der Waals surface area contributed by atoms with Crippen molar-refractivity contribution in [2.75, 3.05) is 0 Å². The number of hydrogen-bond donors (Lipinski definition) is 3. The molecule has 0 bridgehead atoms. The molecular formula is C19H16N6O. The highest BCUT2D eigenvalue weighted by Gasteiger charge is 2.02. The van der Waals surface area contributed by atoms with Crippen LogP contribution in [0.3, 0.4) is 0 Å². The monoisotopic (exact) mass is 344 g/mol. The van der Waals surface area contributed by atoms with Crippen molar-refractivity contribution in [3.05, 3.63) is 78.4 Å².